The van der Waals surface area contributed by atoms with Crippen LogP contribution in [0.25, 0.3) is 0 Å². The van der Waals surface area contributed by atoms with Gasteiger partial charge in [-0.1, -0.05) is 32.9 Å². The number of carbonyl (C=O) groups is 1. The van der Waals surface area contributed by atoms with Gasteiger partial charge in [0.05, 0.1) is 17.3 Å². The number of hydrogen-bond donors (Lipinski definition) is 3. The SMILES string of the molecule is Cc1ccc(Nc2n[s+]([O-])nc2N[C@@H](c2ccc3c(c2)OCO3)C(C)(C)C)c(O)c1C(=O)N(C)C. The Labute approximate surface area is 207 Å². The highest BCUT2D eigenvalue weighted by molar-refractivity contribution is 7.14. The van der Waals surface area contributed by atoms with Gasteiger partial charge in [0.25, 0.3) is 5.91 Å². The van der Waals surface area contributed by atoms with Gasteiger partial charge < -0.3 is 34.7 Å². The van der Waals surface area contributed by atoms with Crippen LogP contribution in [0.3, 0.4) is 0 Å². The van der Waals surface area contributed by atoms with E-state index in [9.17, 15) is 14.5 Å². The van der Waals surface area contributed by atoms with Crippen LogP contribution in [0.15, 0.2) is 30.3 Å². The fourth-order valence-electron chi connectivity index (χ4n) is 3.88. The number of nitrogens with one attached hydrogen (secondary N) is 2. The third kappa shape index (κ3) is 4.96. The number of rotatable bonds is 6. The lowest BCUT2D eigenvalue weighted by Gasteiger charge is -2.32. The van der Waals surface area contributed by atoms with E-state index in [2.05, 4.69) is 40.2 Å². The molecular weight excluding hydrogens is 470 g/mol. The zero-order chi connectivity index (χ0) is 25.5. The predicted octanol–water partition coefficient (Wildman–Crippen LogP) is 4.59. The molecule has 2 heterocycles. The van der Waals surface area contributed by atoms with E-state index in [4.69, 9.17) is 9.47 Å². The van der Waals surface area contributed by atoms with Gasteiger partial charge in [-0.15, -0.1) is 0 Å². The number of anilines is 3. The quantitative estimate of drug-likeness (QED) is 0.329. The van der Waals surface area contributed by atoms with Crippen molar-refractivity contribution in [2.45, 2.75) is 33.7 Å². The van der Waals surface area contributed by atoms with Crippen molar-refractivity contribution < 1.29 is 23.9 Å². The molecule has 3 aromatic rings. The standard InChI is InChI=1S/C24H29N5O5S/c1-13-7-9-15(19(30)18(13)23(31)29(5)6)25-21-22(28-35(32)27-21)26-20(24(2,3)4)14-8-10-16-17(11-14)34-12-33-16/h7-11,20,30H,12H2,1-6H3,(H,25,27)(H,26,28)/t20-,35?/m0/s1. The number of ether oxygens (including phenoxy) is 2. The molecule has 35 heavy (non-hydrogen) atoms. The van der Waals surface area contributed by atoms with E-state index in [0.29, 0.717) is 17.1 Å². The average Bonchev–Trinajstić information content (AvgIpc) is 3.38. The molecule has 10 nitrogen and oxygen atoms in total. The van der Waals surface area contributed by atoms with E-state index in [0.717, 1.165) is 5.56 Å². The lowest BCUT2D eigenvalue weighted by Crippen LogP contribution is -2.26. The van der Waals surface area contributed by atoms with Crippen LogP contribution in [0.4, 0.5) is 17.3 Å². The van der Waals surface area contributed by atoms with Gasteiger partial charge in [-0.25, -0.2) is 0 Å². The highest BCUT2D eigenvalue weighted by atomic mass is 32.2. The van der Waals surface area contributed by atoms with Crippen molar-refractivity contribution in [1.29, 1.82) is 0 Å². The first kappa shape index (κ1) is 24.6. The molecule has 4 rings (SSSR count). The van der Waals surface area contributed by atoms with Crippen LogP contribution in [0.1, 0.15) is 48.3 Å². The molecule has 3 N–H and O–H groups in total. The lowest BCUT2D eigenvalue weighted by molar-refractivity contribution is 0.0824. The zero-order valence-electron chi connectivity index (χ0n) is 20.5. The van der Waals surface area contributed by atoms with Crippen molar-refractivity contribution in [2.24, 2.45) is 5.41 Å². The average molecular weight is 500 g/mol. The first-order valence-corrected chi connectivity index (χ1v) is 12.1. The predicted molar refractivity (Wildman–Crippen MR) is 133 cm³/mol. The summed E-state index contributed by atoms with van der Waals surface area (Å²) in [4.78, 5) is 14.0. The second-order valence-electron chi connectivity index (χ2n) is 9.64. The fourth-order valence-corrected chi connectivity index (χ4v) is 4.51. The van der Waals surface area contributed by atoms with Crippen molar-refractivity contribution in [3.8, 4) is 17.2 Å². The van der Waals surface area contributed by atoms with Crippen molar-refractivity contribution in [2.75, 3.05) is 31.5 Å². The zero-order valence-corrected chi connectivity index (χ0v) is 21.3. The van der Waals surface area contributed by atoms with Gasteiger partial charge >= 0.3 is 0 Å². The molecule has 2 aromatic carbocycles. The van der Waals surface area contributed by atoms with Crippen molar-refractivity contribution in [3.63, 3.8) is 0 Å². The number of hydrogen-bond acceptors (Lipinski definition) is 9. The van der Waals surface area contributed by atoms with Crippen molar-refractivity contribution >= 4 is 34.4 Å². The number of aromatic nitrogens is 2. The van der Waals surface area contributed by atoms with E-state index < -0.39 is 11.1 Å². The molecule has 0 saturated heterocycles. The summed E-state index contributed by atoms with van der Waals surface area (Å²) in [7, 11) is 3.23. The van der Waals surface area contributed by atoms with Gasteiger partial charge in [-0.05, 0) is 41.7 Å². The Kier molecular flexibility index (Phi) is 6.48. The Hall–Kier alpha value is -3.57. The van der Waals surface area contributed by atoms with Gasteiger partial charge in [-0.3, -0.25) is 4.79 Å². The monoisotopic (exact) mass is 499 g/mol. The minimum atomic E-state index is -1.84. The summed E-state index contributed by atoms with van der Waals surface area (Å²) in [5.41, 5.74) is 1.72. The van der Waals surface area contributed by atoms with E-state index in [1.807, 2.05) is 18.2 Å². The molecule has 0 spiro atoms. The number of nitrogens with zero attached hydrogens (tertiary/aromatic N) is 3. The first-order chi connectivity index (χ1) is 16.5. The minimum absolute atomic E-state index is 0.178. The number of aryl methyl sites for hydroxylation is 1. The summed E-state index contributed by atoms with van der Waals surface area (Å²) >= 11 is -1.84. The van der Waals surface area contributed by atoms with Crippen LogP contribution in [-0.4, -0.2) is 50.1 Å². The van der Waals surface area contributed by atoms with Crippen LogP contribution in [0.5, 0.6) is 17.2 Å². The first-order valence-electron chi connectivity index (χ1n) is 11.0. The van der Waals surface area contributed by atoms with Gasteiger partial charge in [0.15, 0.2) is 28.4 Å². The number of amides is 1. The molecule has 0 bridgehead atoms. The third-order valence-electron chi connectivity index (χ3n) is 5.70. The molecule has 1 aliphatic rings. The van der Waals surface area contributed by atoms with Crippen LogP contribution in [0.2, 0.25) is 0 Å². The molecular formula is C24H29N5O5S. The Morgan fingerprint density at radius 1 is 1.14 bits per heavy atom. The van der Waals surface area contributed by atoms with Gasteiger partial charge in [0.2, 0.25) is 18.4 Å². The molecule has 186 valence electrons. The van der Waals surface area contributed by atoms with Gasteiger partial charge in [0, 0.05) is 22.8 Å². The van der Waals surface area contributed by atoms with E-state index in [-0.39, 0.29) is 52.8 Å². The molecule has 0 fully saturated rings. The molecule has 0 aliphatic carbocycles. The van der Waals surface area contributed by atoms with Gasteiger partial charge in [0.1, 0.15) is 0 Å². The molecule has 0 saturated carbocycles. The number of aromatic hydroxyl groups is 1. The second-order valence-corrected chi connectivity index (χ2v) is 10.5. The minimum Gasteiger partial charge on any atom is -0.546 e. The summed E-state index contributed by atoms with van der Waals surface area (Å²) in [6, 6.07) is 8.81. The lowest BCUT2D eigenvalue weighted by atomic mass is 9.82. The topological polar surface area (TPSA) is 132 Å². The molecule has 1 amide bonds. The normalized spacial score (nSPS) is 14.0. The molecule has 0 radical (unpaired) electrons. The van der Waals surface area contributed by atoms with Crippen molar-refractivity contribution in [3.05, 3.63) is 47.0 Å². The number of carbonyl (C=O) groups excluding carboxylic acids is 1. The number of phenols is 1. The smallest absolute Gasteiger partial charge is 0.257 e. The Bertz CT molecular complexity index is 1270. The maximum atomic E-state index is 12.6. The Morgan fingerprint density at radius 3 is 2.51 bits per heavy atom. The Morgan fingerprint density at radius 2 is 1.83 bits per heavy atom. The highest BCUT2D eigenvalue weighted by Crippen LogP contribution is 2.42. The second kappa shape index (κ2) is 9.23. The summed E-state index contributed by atoms with van der Waals surface area (Å²) in [6.07, 6.45) is 0. The van der Waals surface area contributed by atoms with Crippen molar-refractivity contribution in [1.82, 2.24) is 13.6 Å². The highest BCUT2D eigenvalue weighted by Gasteiger charge is 2.31. The maximum Gasteiger partial charge on any atom is 0.257 e. The number of benzene rings is 2. The van der Waals surface area contributed by atoms with Crippen LogP contribution < -0.4 is 20.1 Å². The molecule has 2 atom stereocenters. The molecule has 1 aromatic heterocycles. The summed E-state index contributed by atoms with van der Waals surface area (Å²) in [6.45, 7) is 8.12. The number of phenolic OH excluding ortho intramolecular Hbond substituents is 1. The summed E-state index contributed by atoms with van der Waals surface area (Å²) in [5.74, 6) is 1.27. The van der Waals surface area contributed by atoms with Crippen LogP contribution in [0, 0.1) is 12.3 Å². The summed E-state index contributed by atoms with van der Waals surface area (Å²) < 4.78 is 31.5. The van der Waals surface area contributed by atoms with Crippen LogP contribution >= 0.6 is 11.1 Å². The maximum absolute atomic E-state index is 12.6. The number of fused-ring (bicyclic) bond motifs is 1. The summed E-state index contributed by atoms with van der Waals surface area (Å²) in [5, 5.41) is 17.2. The molecule has 11 heteroatoms. The van der Waals surface area contributed by atoms with E-state index >= 15 is 0 Å². The van der Waals surface area contributed by atoms with Crippen LogP contribution in [-0.2, 0) is 0 Å². The van der Waals surface area contributed by atoms with Gasteiger partial charge in [-0.2, -0.15) is 0 Å². The van der Waals surface area contributed by atoms with E-state index in [1.165, 1.54) is 4.90 Å². The fraction of sp³-hybridized carbons (Fsp3) is 0.375. The molecule has 1 aliphatic heterocycles. The molecule has 1 unspecified atom stereocenters. The van der Waals surface area contributed by atoms with E-state index in [1.54, 1.807) is 33.2 Å². The Balaban J connectivity index is 1.68. The largest absolute Gasteiger partial charge is 0.546 e. The third-order valence-corrected chi connectivity index (χ3v) is 6.38.